The van der Waals surface area contributed by atoms with Gasteiger partial charge in [0, 0.05) is 24.1 Å². The number of fused-ring (bicyclic) bond motifs is 2. The molecule has 0 bridgehead atoms. The van der Waals surface area contributed by atoms with Crippen LogP contribution in [0.25, 0.3) is 0 Å². The molecule has 1 aliphatic rings. The summed E-state index contributed by atoms with van der Waals surface area (Å²) in [7, 11) is 2.07. The summed E-state index contributed by atoms with van der Waals surface area (Å²) in [5, 5.41) is 3.11. The van der Waals surface area contributed by atoms with Crippen molar-refractivity contribution in [3.8, 4) is 0 Å². The fourth-order valence-electron chi connectivity index (χ4n) is 3.74. The van der Waals surface area contributed by atoms with Crippen molar-refractivity contribution in [3.63, 3.8) is 0 Å². The van der Waals surface area contributed by atoms with E-state index in [0.29, 0.717) is 6.42 Å². The normalized spacial score (nSPS) is 15.6. The second-order valence-corrected chi connectivity index (χ2v) is 6.86. The van der Waals surface area contributed by atoms with Gasteiger partial charge in [0.15, 0.2) is 0 Å². The molecule has 26 heavy (non-hydrogen) atoms. The van der Waals surface area contributed by atoms with Gasteiger partial charge in [-0.25, -0.2) is 0 Å². The zero-order chi connectivity index (χ0) is 18.1. The molecule has 1 aliphatic heterocycles. The lowest BCUT2D eigenvalue weighted by Gasteiger charge is -2.22. The van der Waals surface area contributed by atoms with Crippen molar-refractivity contribution >= 4 is 23.0 Å². The topological polar surface area (TPSA) is 32.3 Å². The number of anilines is 3. The van der Waals surface area contributed by atoms with Gasteiger partial charge in [0.1, 0.15) is 0 Å². The molecule has 0 aliphatic carbocycles. The Hall–Kier alpha value is -3.07. The molecular formula is C23H22N2O. The van der Waals surface area contributed by atoms with Crippen LogP contribution in [0.2, 0.25) is 0 Å². The second kappa shape index (κ2) is 6.68. The van der Waals surface area contributed by atoms with Crippen LogP contribution in [0.3, 0.4) is 0 Å². The molecule has 4 rings (SSSR count). The second-order valence-electron chi connectivity index (χ2n) is 6.86. The van der Waals surface area contributed by atoms with Crippen LogP contribution in [0.1, 0.15) is 22.6 Å². The van der Waals surface area contributed by atoms with E-state index in [9.17, 15) is 4.79 Å². The Bertz CT molecular complexity index is 964. The molecule has 0 aromatic heterocycles. The number of aryl methyl sites for hydroxylation is 1. The number of carbonyl (C=O) groups excluding carboxylic acids is 1. The van der Waals surface area contributed by atoms with Gasteiger partial charge in [0.2, 0.25) is 5.91 Å². The lowest BCUT2D eigenvalue weighted by molar-refractivity contribution is -0.117. The molecule has 0 unspecified atom stereocenters. The number of rotatable bonds is 2. The van der Waals surface area contributed by atoms with Crippen molar-refractivity contribution in [1.29, 1.82) is 0 Å². The van der Waals surface area contributed by atoms with Gasteiger partial charge in [-0.15, -0.1) is 0 Å². The highest BCUT2D eigenvalue weighted by molar-refractivity contribution is 5.98. The largest absolute Gasteiger partial charge is 0.344 e. The summed E-state index contributed by atoms with van der Waals surface area (Å²) in [4.78, 5) is 15.4. The standard InChI is InChI=1S/C23H22N2O/c1-16-8-7-10-18(14-16)24-23(26)20-15-17-9-3-5-12-21(17)25(2)22-13-6-4-11-19(20)22/h3-14,20H,15H2,1-2H3,(H,24,26)/t20-/m0/s1. The van der Waals surface area contributed by atoms with Crippen molar-refractivity contribution in [2.24, 2.45) is 0 Å². The fourth-order valence-corrected chi connectivity index (χ4v) is 3.74. The minimum Gasteiger partial charge on any atom is -0.344 e. The van der Waals surface area contributed by atoms with Gasteiger partial charge in [0.05, 0.1) is 5.92 Å². The van der Waals surface area contributed by atoms with Crippen molar-refractivity contribution in [1.82, 2.24) is 0 Å². The van der Waals surface area contributed by atoms with Crippen LogP contribution in [0.4, 0.5) is 17.1 Å². The average Bonchev–Trinajstić information content (AvgIpc) is 2.77. The highest BCUT2D eigenvalue weighted by atomic mass is 16.1. The van der Waals surface area contributed by atoms with E-state index in [2.05, 4.69) is 41.5 Å². The lowest BCUT2D eigenvalue weighted by atomic mass is 9.91. The van der Waals surface area contributed by atoms with Gasteiger partial charge in [-0.2, -0.15) is 0 Å². The van der Waals surface area contributed by atoms with E-state index in [1.165, 1.54) is 5.56 Å². The van der Waals surface area contributed by atoms with Crippen molar-refractivity contribution < 1.29 is 4.79 Å². The summed E-state index contributed by atoms with van der Waals surface area (Å²) in [6, 6.07) is 24.4. The van der Waals surface area contributed by atoms with Crippen LogP contribution < -0.4 is 10.2 Å². The number of carbonyl (C=O) groups is 1. The first-order valence-corrected chi connectivity index (χ1v) is 8.91. The third kappa shape index (κ3) is 2.97. The molecule has 3 heteroatoms. The van der Waals surface area contributed by atoms with Crippen molar-refractivity contribution in [2.45, 2.75) is 19.3 Å². The molecule has 1 N–H and O–H groups in total. The van der Waals surface area contributed by atoms with E-state index in [1.807, 2.05) is 55.5 Å². The summed E-state index contributed by atoms with van der Waals surface area (Å²) in [5.41, 5.74) is 6.48. The first kappa shape index (κ1) is 16.4. The monoisotopic (exact) mass is 342 g/mol. The summed E-state index contributed by atoms with van der Waals surface area (Å²) >= 11 is 0. The Labute approximate surface area is 154 Å². The minimum absolute atomic E-state index is 0.0353. The zero-order valence-corrected chi connectivity index (χ0v) is 15.1. The van der Waals surface area contributed by atoms with Crippen molar-refractivity contribution in [2.75, 3.05) is 17.3 Å². The predicted octanol–water partition coefficient (Wildman–Crippen LogP) is 5.04. The highest BCUT2D eigenvalue weighted by Gasteiger charge is 2.29. The van der Waals surface area contributed by atoms with Crippen LogP contribution in [0.15, 0.2) is 72.8 Å². The molecular weight excluding hydrogens is 320 g/mol. The van der Waals surface area contributed by atoms with Gasteiger partial charge in [0.25, 0.3) is 0 Å². The summed E-state index contributed by atoms with van der Waals surface area (Å²) in [5.74, 6) is -0.189. The van der Waals surface area contributed by atoms with E-state index in [-0.39, 0.29) is 11.8 Å². The highest BCUT2D eigenvalue weighted by Crippen LogP contribution is 2.40. The SMILES string of the molecule is Cc1cccc(NC(=O)[C@H]2Cc3ccccc3N(C)c3ccccc32)c1. The molecule has 1 amide bonds. The van der Waals surface area contributed by atoms with Gasteiger partial charge in [-0.05, 0) is 54.3 Å². The first-order valence-electron chi connectivity index (χ1n) is 8.91. The van der Waals surface area contributed by atoms with E-state index in [4.69, 9.17) is 0 Å². The Morgan fingerprint density at radius 3 is 2.50 bits per heavy atom. The number of amides is 1. The number of benzene rings is 3. The van der Waals surface area contributed by atoms with Crippen LogP contribution in [0.5, 0.6) is 0 Å². The quantitative estimate of drug-likeness (QED) is 0.707. The van der Waals surface area contributed by atoms with E-state index >= 15 is 0 Å². The van der Waals surface area contributed by atoms with Gasteiger partial charge >= 0.3 is 0 Å². The molecule has 0 radical (unpaired) electrons. The van der Waals surface area contributed by atoms with E-state index in [0.717, 1.165) is 28.2 Å². The minimum atomic E-state index is -0.224. The maximum absolute atomic E-state index is 13.2. The molecule has 0 saturated heterocycles. The van der Waals surface area contributed by atoms with Crippen LogP contribution in [0, 0.1) is 6.92 Å². The Morgan fingerprint density at radius 1 is 0.962 bits per heavy atom. The Morgan fingerprint density at radius 2 is 1.69 bits per heavy atom. The Balaban J connectivity index is 1.75. The Kier molecular flexibility index (Phi) is 4.21. The summed E-state index contributed by atoms with van der Waals surface area (Å²) < 4.78 is 0. The molecule has 130 valence electrons. The maximum atomic E-state index is 13.2. The van der Waals surface area contributed by atoms with E-state index in [1.54, 1.807) is 0 Å². The molecule has 1 atom stereocenters. The average molecular weight is 342 g/mol. The summed E-state index contributed by atoms with van der Waals surface area (Å²) in [6.07, 6.45) is 0.690. The van der Waals surface area contributed by atoms with Crippen molar-refractivity contribution in [3.05, 3.63) is 89.5 Å². The molecule has 3 aromatic rings. The van der Waals surface area contributed by atoms with Crippen LogP contribution in [-0.4, -0.2) is 13.0 Å². The molecule has 0 spiro atoms. The fraction of sp³-hybridized carbons (Fsp3) is 0.174. The number of hydrogen-bond donors (Lipinski definition) is 1. The number of hydrogen-bond acceptors (Lipinski definition) is 2. The zero-order valence-electron chi connectivity index (χ0n) is 15.1. The third-order valence-electron chi connectivity index (χ3n) is 5.05. The molecule has 0 fully saturated rings. The van der Waals surface area contributed by atoms with E-state index < -0.39 is 0 Å². The lowest BCUT2D eigenvalue weighted by Crippen LogP contribution is -2.23. The van der Waals surface area contributed by atoms with Gasteiger partial charge in [-0.3, -0.25) is 4.79 Å². The van der Waals surface area contributed by atoms with Crippen LogP contribution >= 0.6 is 0 Å². The third-order valence-corrected chi connectivity index (χ3v) is 5.05. The molecule has 3 nitrogen and oxygen atoms in total. The molecule has 0 saturated carbocycles. The number of para-hydroxylation sites is 2. The number of nitrogens with one attached hydrogen (secondary N) is 1. The summed E-state index contributed by atoms with van der Waals surface area (Å²) in [6.45, 7) is 2.03. The first-order chi connectivity index (χ1) is 12.6. The molecule has 3 aromatic carbocycles. The molecule has 1 heterocycles. The van der Waals surface area contributed by atoms with Gasteiger partial charge < -0.3 is 10.2 Å². The van der Waals surface area contributed by atoms with Gasteiger partial charge in [-0.1, -0.05) is 48.5 Å². The maximum Gasteiger partial charge on any atom is 0.232 e. The number of nitrogens with zero attached hydrogens (tertiary/aromatic N) is 1. The smallest absolute Gasteiger partial charge is 0.232 e. The predicted molar refractivity (Wildman–Crippen MR) is 107 cm³/mol. The van der Waals surface area contributed by atoms with Crippen LogP contribution in [-0.2, 0) is 11.2 Å².